The summed E-state index contributed by atoms with van der Waals surface area (Å²) in [6.07, 6.45) is 3.90. The maximum absolute atomic E-state index is 13.2. The van der Waals surface area contributed by atoms with E-state index in [0.29, 0.717) is 30.5 Å². The first-order valence-corrected chi connectivity index (χ1v) is 14.9. The molecule has 0 aromatic heterocycles. The quantitative estimate of drug-likeness (QED) is 0.216. The van der Waals surface area contributed by atoms with E-state index in [1.807, 2.05) is 45.0 Å². The van der Waals surface area contributed by atoms with E-state index in [4.69, 9.17) is 0 Å². The molecule has 1 heterocycles. The Labute approximate surface area is 240 Å². The fraction of sp³-hybridized carbons (Fsp3) is 0.290. The number of carbonyl (C=O) groups is 2. The number of piperidine rings is 1. The van der Waals surface area contributed by atoms with Gasteiger partial charge in [0.2, 0.25) is 11.8 Å². The molecule has 1 unspecified atom stereocenters. The minimum Gasteiger partial charge on any atom is -0.338 e. The van der Waals surface area contributed by atoms with Gasteiger partial charge in [-0.1, -0.05) is 67.9 Å². The number of sulfonamides is 1. The van der Waals surface area contributed by atoms with Crippen LogP contribution in [0.5, 0.6) is 0 Å². The van der Waals surface area contributed by atoms with Crippen molar-refractivity contribution < 1.29 is 22.9 Å². The summed E-state index contributed by atoms with van der Waals surface area (Å²) in [4.78, 5) is 39.1. The van der Waals surface area contributed by atoms with Crippen LogP contribution in [0.1, 0.15) is 49.3 Å². The smallest absolute Gasteiger partial charge is 0.277 e. The second-order valence-electron chi connectivity index (χ2n) is 10.5. The Morgan fingerprint density at radius 2 is 1.76 bits per heavy atom. The third-order valence-corrected chi connectivity index (χ3v) is 8.56. The highest BCUT2D eigenvalue weighted by atomic mass is 32.2. The third-order valence-electron chi connectivity index (χ3n) is 7.20. The number of carbonyl (C=O) groups excluding carboxylic acids is 2. The van der Waals surface area contributed by atoms with E-state index in [1.54, 1.807) is 30.3 Å². The largest absolute Gasteiger partial charge is 0.338 e. The molecule has 1 saturated heterocycles. The molecule has 2 amide bonds. The summed E-state index contributed by atoms with van der Waals surface area (Å²) in [7, 11) is -4.03. The Bertz CT molecular complexity index is 1600. The van der Waals surface area contributed by atoms with E-state index in [2.05, 4.69) is 4.72 Å². The topological polar surface area (TPSA) is 127 Å². The van der Waals surface area contributed by atoms with Gasteiger partial charge in [0.05, 0.1) is 21.3 Å². The summed E-state index contributed by atoms with van der Waals surface area (Å²) in [6, 6.07) is 18.4. The number of aryl methyl sites for hydroxylation is 1. The number of likely N-dealkylation sites (tertiary alicyclic amines) is 1. The van der Waals surface area contributed by atoms with Crippen molar-refractivity contribution in [1.29, 1.82) is 0 Å². The molecule has 0 radical (unpaired) electrons. The molecule has 4 rings (SSSR count). The van der Waals surface area contributed by atoms with Crippen molar-refractivity contribution in [1.82, 2.24) is 9.62 Å². The minimum absolute atomic E-state index is 0.00470. The summed E-state index contributed by atoms with van der Waals surface area (Å²) in [6.45, 7) is 6.34. The van der Waals surface area contributed by atoms with Crippen LogP contribution in [0.15, 0.2) is 77.7 Å². The molecule has 1 atom stereocenters. The van der Waals surface area contributed by atoms with Crippen LogP contribution in [-0.2, 0) is 19.6 Å². The van der Waals surface area contributed by atoms with Gasteiger partial charge in [-0.15, -0.1) is 0 Å². The molecule has 0 bridgehead atoms. The monoisotopic (exact) mass is 575 g/mol. The van der Waals surface area contributed by atoms with Crippen LogP contribution >= 0.6 is 0 Å². The van der Waals surface area contributed by atoms with E-state index in [0.717, 1.165) is 16.7 Å². The van der Waals surface area contributed by atoms with Crippen LogP contribution in [0.4, 0.5) is 5.69 Å². The van der Waals surface area contributed by atoms with Gasteiger partial charge in [-0.2, -0.15) is 0 Å². The normalized spacial score (nSPS) is 15.7. The fourth-order valence-corrected chi connectivity index (χ4v) is 6.06. The average molecular weight is 576 g/mol. The molecule has 9 nitrogen and oxygen atoms in total. The van der Waals surface area contributed by atoms with E-state index in [9.17, 15) is 28.1 Å². The van der Waals surface area contributed by atoms with Crippen molar-refractivity contribution in [2.45, 2.75) is 44.4 Å². The highest BCUT2D eigenvalue weighted by Gasteiger charge is 2.30. The van der Waals surface area contributed by atoms with Gasteiger partial charge >= 0.3 is 0 Å². The number of nitrogens with one attached hydrogen (secondary N) is 1. The van der Waals surface area contributed by atoms with Crippen molar-refractivity contribution in [2.75, 3.05) is 13.1 Å². The maximum Gasteiger partial charge on any atom is 0.277 e. The van der Waals surface area contributed by atoms with Gasteiger partial charge in [0, 0.05) is 25.2 Å². The van der Waals surface area contributed by atoms with Crippen LogP contribution in [0, 0.1) is 23.0 Å². The zero-order valence-corrected chi connectivity index (χ0v) is 24.1. The molecule has 3 aromatic rings. The summed E-state index contributed by atoms with van der Waals surface area (Å²) in [5, 5.41) is 11.9. The molecule has 41 heavy (non-hydrogen) atoms. The van der Waals surface area contributed by atoms with Crippen molar-refractivity contribution in [2.24, 2.45) is 5.92 Å². The van der Waals surface area contributed by atoms with Crippen molar-refractivity contribution in [3.63, 3.8) is 0 Å². The van der Waals surface area contributed by atoms with Gasteiger partial charge in [-0.05, 0) is 60.6 Å². The Hall–Kier alpha value is -4.31. The van der Waals surface area contributed by atoms with Crippen molar-refractivity contribution >= 4 is 33.6 Å². The molecule has 10 heteroatoms. The lowest BCUT2D eigenvalue weighted by atomic mass is 9.89. The molecular weight excluding hydrogens is 542 g/mol. The molecule has 3 aromatic carbocycles. The van der Waals surface area contributed by atoms with Crippen LogP contribution in [0.2, 0.25) is 0 Å². The number of benzene rings is 3. The van der Waals surface area contributed by atoms with E-state index in [1.165, 1.54) is 29.2 Å². The Morgan fingerprint density at radius 1 is 1.05 bits per heavy atom. The van der Waals surface area contributed by atoms with E-state index >= 15 is 0 Å². The SMILES string of the molecule is Cc1ccc(S(=O)(=O)NC(=O)C2CCCN(C(=O)/C=C/c3cccc([N+](=O)[O-])c3-c3ccccc3C(C)C)C2)cc1. The molecule has 1 fully saturated rings. The van der Waals surface area contributed by atoms with Crippen LogP contribution < -0.4 is 4.72 Å². The van der Waals surface area contributed by atoms with E-state index in [-0.39, 0.29) is 29.0 Å². The molecule has 0 saturated carbocycles. The zero-order valence-electron chi connectivity index (χ0n) is 23.2. The van der Waals surface area contributed by atoms with Gasteiger partial charge in [0.1, 0.15) is 0 Å². The summed E-state index contributed by atoms with van der Waals surface area (Å²) in [5.74, 6) is -1.58. The first-order valence-electron chi connectivity index (χ1n) is 13.4. The van der Waals surface area contributed by atoms with Gasteiger partial charge in [0.25, 0.3) is 15.7 Å². The van der Waals surface area contributed by atoms with Crippen LogP contribution in [0.25, 0.3) is 17.2 Å². The molecular formula is C31H33N3O6S. The van der Waals surface area contributed by atoms with Crippen molar-refractivity contribution in [3.05, 3.63) is 99.6 Å². The van der Waals surface area contributed by atoms with Crippen LogP contribution in [-0.4, -0.2) is 43.1 Å². The Kier molecular flexibility index (Phi) is 9.02. The summed E-state index contributed by atoms with van der Waals surface area (Å²) < 4.78 is 27.5. The van der Waals surface area contributed by atoms with Gasteiger partial charge in [-0.25, -0.2) is 13.1 Å². The number of hydrogen-bond acceptors (Lipinski definition) is 6. The number of nitro groups is 1. The molecule has 1 N–H and O–H groups in total. The number of amides is 2. The highest BCUT2D eigenvalue weighted by Crippen LogP contribution is 2.38. The predicted octanol–water partition coefficient (Wildman–Crippen LogP) is 5.45. The second kappa shape index (κ2) is 12.5. The lowest BCUT2D eigenvalue weighted by Gasteiger charge is -2.31. The molecule has 214 valence electrons. The van der Waals surface area contributed by atoms with Crippen molar-refractivity contribution in [3.8, 4) is 11.1 Å². The van der Waals surface area contributed by atoms with E-state index < -0.39 is 26.8 Å². The fourth-order valence-electron chi connectivity index (χ4n) is 5.02. The molecule has 1 aliphatic rings. The van der Waals surface area contributed by atoms with Gasteiger partial charge < -0.3 is 4.90 Å². The summed E-state index contributed by atoms with van der Waals surface area (Å²) in [5.41, 5.74) is 3.47. The molecule has 0 aliphatic carbocycles. The third kappa shape index (κ3) is 6.89. The summed E-state index contributed by atoms with van der Waals surface area (Å²) >= 11 is 0. The predicted molar refractivity (Wildman–Crippen MR) is 157 cm³/mol. The first-order chi connectivity index (χ1) is 19.5. The van der Waals surface area contributed by atoms with Gasteiger partial charge in [-0.3, -0.25) is 19.7 Å². The average Bonchev–Trinajstić information content (AvgIpc) is 2.95. The van der Waals surface area contributed by atoms with Crippen LogP contribution in [0.3, 0.4) is 0 Å². The second-order valence-corrected chi connectivity index (χ2v) is 12.2. The number of nitro benzene ring substituents is 1. The number of hydrogen-bond donors (Lipinski definition) is 1. The number of rotatable bonds is 8. The highest BCUT2D eigenvalue weighted by molar-refractivity contribution is 7.90. The molecule has 0 spiro atoms. The number of nitrogens with zero attached hydrogens (tertiary/aromatic N) is 2. The Morgan fingerprint density at radius 3 is 2.44 bits per heavy atom. The zero-order chi connectivity index (χ0) is 29.7. The maximum atomic E-state index is 13.2. The standard InChI is InChI=1S/C31H33N3O6S/c1-21(2)26-10-4-5-11-27(26)30-23(8-6-12-28(30)34(37)38)15-18-29(35)33-19-7-9-24(20-33)31(36)32-41(39,40)25-16-13-22(3)14-17-25/h4-6,8,10-18,21,24H,7,9,19-20H2,1-3H3,(H,32,36)/b18-15+. The Balaban J connectivity index is 1.54. The lowest BCUT2D eigenvalue weighted by molar-refractivity contribution is -0.384. The lowest BCUT2D eigenvalue weighted by Crippen LogP contribution is -2.46. The first kappa shape index (κ1) is 29.7. The minimum atomic E-state index is -4.03. The molecule has 1 aliphatic heterocycles. The van der Waals surface area contributed by atoms with Gasteiger partial charge in [0.15, 0.2) is 0 Å².